The quantitative estimate of drug-likeness (QED) is 0.549. The Labute approximate surface area is 191 Å². The highest BCUT2D eigenvalue weighted by Crippen LogP contribution is 2.35. The monoisotopic (exact) mass is 508 g/mol. The molecule has 0 saturated heterocycles. The molecule has 2 aromatic heterocycles. The van der Waals surface area contributed by atoms with Crippen molar-refractivity contribution in [1.29, 1.82) is 0 Å². The lowest BCUT2D eigenvalue weighted by atomic mass is 9.88. The maximum atomic E-state index is 12.8. The minimum absolute atomic E-state index is 0.0947. The number of nitrogens with zero attached hydrogens (tertiary/aromatic N) is 4. The SMILES string of the molecule is CC(C)n1c(Br)nc(C(=O)O)c1C(Cc1cn(C)c(=O)n(C)c1=O)c1ccc(Cl)cc1. The van der Waals surface area contributed by atoms with Crippen LogP contribution in [0.15, 0.2) is 44.8 Å². The van der Waals surface area contributed by atoms with Crippen molar-refractivity contribution in [3.8, 4) is 0 Å². The number of hydrogen-bond donors (Lipinski definition) is 1. The van der Waals surface area contributed by atoms with Crippen molar-refractivity contribution in [3.05, 3.63) is 83.6 Å². The van der Waals surface area contributed by atoms with Crippen molar-refractivity contribution in [3.63, 3.8) is 0 Å². The van der Waals surface area contributed by atoms with E-state index in [9.17, 15) is 19.5 Å². The highest BCUT2D eigenvalue weighted by Gasteiger charge is 2.31. The van der Waals surface area contributed by atoms with E-state index in [2.05, 4.69) is 20.9 Å². The van der Waals surface area contributed by atoms with E-state index in [1.807, 2.05) is 13.8 Å². The molecule has 1 N–H and O–H groups in total. The van der Waals surface area contributed by atoms with Crippen LogP contribution in [0, 0.1) is 0 Å². The zero-order valence-corrected chi connectivity index (χ0v) is 19.8. The smallest absolute Gasteiger partial charge is 0.356 e. The van der Waals surface area contributed by atoms with E-state index in [0.29, 0.717) is 21.0 Å². The summed E-state index contributed by atoms with van der Waals surface area (Å²) in [6, 6.07) is 6.94. The lowest BCUT2D eigenvalue weighted by Crippen LogP contribution is -2.39. The molecule has 0 radical (unpaired) electrons. The molecule has 0 bridgehead atoms. The third kappa shape index (κ3) is 4.38. The van der Waals surface area contributed by atoms with Gasteiger partial charge in [0.25, 0.3) is 5.56 Å². The zero-order valence-electron chi connectivity index (χ0n) is 17.5. The fraction of sp³-hybridized carbons (Fsp3) is 0.333. The van der Waals surface area contributed by atoms with E-state index in [-0.39, 0.29) is 18.2 Å². The third-order valence-corrected chi connectivity index (χ3v) is 5.98. The zero-order chi connectivity index (χ0) is 23.0. The molecule has 0 amide bonds. The molecule has 2 heterocycles. The van der Waals surface area contributed by atoms with Crippen LogP contribution in [0.3, 0.4) is 0 Å². The van der Waals surface area contributed by atoms with Gasteiger partial charge in [-0.25, -0.2) is 14.6 Å². The van der Waals surface area contributed by atoms with E-state index in [0.717, 1.165) is 10.1 Å². The Balaban J connectivity index is 2.31. The number of hydrogen-bond acceptors (Lipinski definition) is 4. The van der Waals surface area contributed by atoms with Crippen LogP contribution in [-0.4, -0.2) is 29.8 Å². The van der Waals surface area contributed by atoms with E-state index in [1.165, 1.54) is 17.8 Å². The van der Waals surface area contributed by atoms with Gasteiger partial charge in [0.05, 0.1) is 5.69 Å². The molecular formula is C21H22BrClN4O4. The Bertz CT molecular complexity index is 1260. The van der Waals surface area contributed by atoms with E-state index < -0.39 is 23.1 Å². The number of rotatable bonds is 6. The maximum absolute atomic E-state index is 12.8. The van der Waals surface area contributed by atoms with Gasteiger partial charge in [-0.1, -0.05) is 23.7 Å². The van der Waals surface area contributed by atoms with Gasteiger partial charge in [0.15, 0.2) is 10.4 Å². The average molecular weight is 510 g/mol. The van der Waals surface area contributed by atoms with Crippen LogP contribution in [0.5, 0.6) is 0 Å². The van der Waals surface area contributed by atoms with Gasteiger partial charge in [-0.3, -0.25) is 9.36 Å². The highest BCUT2D eigenvalue weighted by molar-refractivity contribution is 9.10. The molecule has 0 aliphatic carbocycles. The number of carboxylic acids is 1. The number of benzene rings is 1. The Kier molecular flexibility index (Phi) is 6.56. The predicted octanol–water partition coefficient (Wildman–Crippen LogP) is 3.35. The topological polar surface area (TPSA) is 99.1 Å². The van der Waals surface area contributed by atoms with Crippen LogP contribution in [0.1, 0.15) is 53.1 Å². The fourth-order valence-electron chi connectivity index (χ4n) is 3.71. The Hall–Kier alpha value is -2.65. The molecule has 0 saturated carbocycles. The third-order valence-electron chi connectivity index (χ3n) is 5.17. The van der Waals surface area contributed by atoms with Crippen LogP contribution in [0.2, 0.25) is 5.02 Å². The van der Waals surface area contributed by atoms with Crippen molar-refractivity contribution >= 4 is 33.5 Å². The number of halogens is 2. The summed E-state index contributed by atoms with van der Waals surface area (Å²) >= 11 is 9.44. The number of aromatic carboxylic acids is 1. The lowest BCUT2D eigenvalue weighted by molar-refractivity contribution is 0.0689. The number of carbonyl (C=O) groups is 1. The summed E-state index contributed by atoms with van der Waals surface area (Å²) in [4.78, 5) is 41.2. The maximum Gasteiger partial charge on any atom is 0.356 e. The summed E-state index contributed by atoms with van der Waals surface area (Å²) in [6.07, 6.45) is 1.67. The second-order valence-corrected chi connectivity index (χ2v) is 8.75. The number of aryl methyl sites for hydroxylation is 1. The normalized spacial score (nSPS) is 12.4. The van der Waals surface area contributed by atoms with Gasteiger partial charge >= 0.3 is 11.7 Å². The van der Waals surface area contributed by atoms with Crippen molar-refractivity contribution in [1.82, 2.24) is 18.7 Å². The highest BCUT2D eigenvalue weighted by atomic mass is 79.9. The second-order valence-electron chi connectivity index (χ2n) is 7.60. The standard InChI is InChI=1S/C21H22BrClN4O4/c1-11(2)27-17(16(19(29)30)24-20(27)22)15(12-5-7-14(23)8-6-12)9-13-10-25(3)21(31)26(4)18(13)28/h5-8,10-11,15H,9H2,1-4H3,(H,29,30). The Morgan fingerprint density at radius 2 is 1.81 bits per heavy atom. The molecule has 0 aliphatic heterocycles. The molecule has 31 heavy (non-hydrogen) atoms. The van der Waals surface area contributed by atoms with Gasteiger partial charge in [0.1, 0.15) is 0 Å². The summed E-state index contributed by atoms with van der Waals surface area (Å²) in [5, 5.41) is 10.4. The Morgan fingerprint density at radius 1 is 1.19 bits per heavy atom. The molecule has 3 aromatic rings. The van der Waals surface area contributed by atoms with Crippen molar-refractivity contribution in [2.45, 2.75) is 32.2 Å². The number of imidazole rings is 1. The van der Waals surface area contributed by atoms with E-state index in [4.69, 9.17) is 11.6 Å². The van der Waals surface area contributed by atoms with Gasteiger partial charge in [-0.15, -0.1) is 0 Å². The lowest BCUT2D eigenvalue weighted by Gasteiger charge is -2.23. The predicted molar refractivity (Wildman–Crippen MR) is 121 cm³/mol. The number of carboxylic acid groups (broad SMARTS) is 1. The summed E-state index contributed by atoms with van der Waals surface area (Å²) in [6.45, 7) is 3.84. The molecule has 1 atom stereocenters. The minimum atomic E-state index is -1.16. The molecular weight excluding hydrogens is 488 g/mol. The van der Waals surface area contributed by atoms with Gasteiger partial charge in [0, 0.05) is 42.8 Å². The molecule has 0 fully saturated rings. The molecule has 3 rings (SSSR count). The average Bonchev–Trinajstić information content (AvgIpc) is 3.06. The van der Waals surface area contributed by atoms with Gasteiger partial charge in [0.2, 0.25) is 0 Å². The summed E-state index contributed by atoms with van der Waals surface area (Å²) < 4.78 is 4.57. The summed E-state index contributed by atoms with van der Waals surface area (Å²) in [7, 11) is 2.99. The van der Waals surface area contributed by atoms with Crippen molar-refractivity contribution in [2.75, 3.05) is 0 Å². The fourth-order valence-corrected chi connectivity index (χ4v) is 4.61. The van der Waals surface area contributed by atoms with Crippen LogP contribution >= 0.6 is 27.5 Å². The van der Waals surface area contributed by atoms with Gasteiger partial charge in [-0.05, 0) is 53.9 Å². The first-order valence-corrected chi connectivity index (χ1v) is 10.7. The van der Waals surface area contributed by atoms with Crippen LogP contribution < -0.4 is 11.2 Å². The molecule has 1 aromatic carbocycles. The largest absolute Gasteiger partial charge is 0.476 e. The van der Waals surface area contributed by atoms with Crippen molar-refractivity contribution < 1.29 is 9.90 Å². The molecule has 0 aliphatic rings. The molecule has 8 nitrogen and oxygen atoms in total. The minimum Gasteiger partial charge on any atom is -0.476 e. The molecule has 10 heteroatoms. The second kappa shape index (κ2) is 8.84. The first-order chi connectivity index (χ1) is 14.5. The first kappa shape index (κ1) is 23.0. The van der Waals surface area contributed by atoms with E-state index >= 15 is 0 Å². The summed E-state index contributed by atoms with van der Waals surface area (Å²) in [5.41, 5.74) is 0.673. The van der Waals surface area contributed by atoms with Crippen LogP contribution in [0.4, 0.5) is 0 Å². The van der Waals surface area contributed by atoms with E-state index in [1.54, 1.807) is 35.9 Å². The number of aromatic nitrogens is 4. The molecule has 164 valence electrons. The molecule has 1 unspecified atom stereocenters. The Morgan fingerprint density at radius 3 is 2.35 bits per heavy atom. The van der Waals surface area contributed by atoms with Gasteiger partial charge < -0.3 is 14.2 Å². The van der Waals surface area contributed by atoms with Crippen LogP contribution in [-0.2, 0) is 20.5 Å². The first-order valence-electron chi connectivity index (χ1n) is 9.54. The van der Waals surface area contributed by atoms with Gasteiger partial charge in [-0.2, -0.15) is 0 Å². The van der Waals surface area contributed by atoms with Crippen molar-refractivity contribution in [2.24, 2.45) is 14.1 Å². The summed E-state index contributed by atoms with van der Waals surface area (Å²) in [5.74, 6) is -1.68. The molecule has 0 spiro atoms. The van der Waals surface area contributed by atoms with Crippen LogP contribution in [0.25, 0.3) is 0 Å².